The van der Waals surface area contributed by atoms with Gasteiger partial charge in [-0.15, -0.1) is 11.8 Å². The SMILES string of the molecule is COC(=O)CC1(CSc2cc(C)nc(C(C)C)n2)CC1. The highest BCUT2D eigenvalue weighted by molar-refractivity contribution is 7.99. The lowest BCUT2D eigenvalue weighted by atomic mass is 10.1. The monoisotopic (exact) mass is 294 g/mol. The Balaban J connectivity index is 1.99. The maximum atomic E-state index is 11.4. The molecule has 0 bridgehead atoms. The zero-order valence-electron chi connectivity index (χ0n) is 12.6. The molecule has 0 saturated heterocycles. The van der Waals surface area contributed by atoms with Crippen LogP contribution in [0.2, 0.25) is 0 Å². The third kappa shape index (κ3) is 3.95. The third-order valence-electron chi connectivity index (χ3n) is 3.59. The van der Waals surface area contributed by atoms with Crippen molar-refractivity contribution in [1.29, 1.82) is 0 Å². The van der Waals surface area contributed by atoms with Crippen molar-refractivity contribution in [2.24, 2.45) is 5.41 Å². The van der Waals surface area contributed by atoms with Gasteiger partial charge in [-0.1, -0.05) is 13.8 Å². The quantitative estimate of drug-likeness (QED) is 0.457. The molecule has 2 rings (SSSR count). The molecule has 4 nitrogen and oxygen atoms in total. The number of carbonyl (C=O) groups is 1. The van der Waals surface area contributed by atoms with Gasteiger partial charge in [0.25, 0.3) is 0 Å². The van der Waals surface area contributed by atoms with Crippen molar-refractivity contribution in [3.63, 3.8) is 0 Å². The summed E-state index contributed by atoms with van der Waals surface area (Å²) in [6.07, 6.45) is 2.74. The van der Waals surface area contributed by atoms with E-state index in [2.05, 4.69) is 23.8 Å². The summed E-state index contributed by atoms with van der Waals surface area (Å²) in [5.74, 6) is 2.05. The lowest BCUT2D eigenvalue weighted by Gasteiger charge is -2.13. The van der Waals surface area contributed by atoms with E-state index in [9.17, 15) is 4.79 Å². The number of hydrogen-bond acceptors (Lipinski definition) is 5. The van der Waals surface area contributed by atoms with E-state index < -0.39 is 0 Å². The summed E-state index contributed by atoms with van der Waals surface area (Å²) in [6, 6.07) is 2.02. The van der Waals surface area contributed by atoms with Gasteiger partial charge in [-0.05, 0) is 31.2 Å². The number of ether oxygens (including phenoxy) is 1. The summed E-state index contributed by atoms with van der Waals surface area (Å²) in [4.78, 5) is 20.5. The summed E-state index contributed by atoms with van der Waals surface area (Å²) in [5, 5.41) is 1.01. The van der Waals surface area contributed by atoms with Crippen LogP contribution in [0.15, 0.2) is 11.1 Å². The van der Waals surface area contributed by atoms with Crippen LogP contribution in [0.5, 0.6) is 0 Å². The van der Waals surface area contributed by atoms with Crippen molar-refractivity contribution in [1.82, 2.24) is 9.97 Å². The molecule has 1 aliphatic rings. The highest BCUT2D eigenvalue weighted by atomic mass is 32.2. The van der Waals surface area contributed by atoms with Crippen LogP contribution in [0.1, 0.15) is 50.5 Å². The van der Waals surface area contributed by atoms with Gasteiger partial charge >= 0.3 is 5.97 Å². The van der Waals surface area contributed by atoms with Gasteiger partial charge in [0.1, 0.15) is 5.82 Å². The van der Waals surface area contributed by atoms with Crippen LogP contribution in [0.4, 0.5) is 0 Å². The maximum Gasteiger partial charge on any atom is 0.306 e. The Bertz CT molecular complexity index is 499. The Hall–Kier alpha value is -1.10. The normalized spacial score (nSPS) is 16.2. The van der Waals surface area contributed by atoms with Crippen LogP contribution in [0.3, 0.4) is 0 Å². The fourth-order valence-electron chi connectivity index (χ4n) is 2.05. The van der Waals surface area contributed by atoms with E-state index in [1.807, 2.05) is 13.0 Å². The molecule has 1 saturated carbocycles. The van der Waals surface area contributed by atoms with Crippen LogP contribution in [-0.2, 0) is 9.53 Å². The number of nitrogens with zero attached hydrogens (tertiary/aromatic N) is 2. The molecule has 0 unspecified atom stereocenters. The average molecular weight is 294 g/mol. The smallest absolute Gasteiger partial charge is 0.306 e. The summed E-state index contributed by atoms with van der Waals surface area (Å²) >= 11 is 1.73. The molecule has 110 valence electrons. The van der Waals surface area contributed by atoms with Gasteiger partial charge in [0.2, 0.25) is 0 Å². The first-order valence-corrected chi connectivity index (χ1v) is 7.98. The molecule has 1 aromatic rings. The largest absolute Gasteiger partial charge is 0.469 e. The van der Waals surface area contributed by atoms with Crippen molar-refractivity contribution in [3.05, 3.63) is 17.6 Å². The first-order valence-electron chi connectivity index (χ1n) is 6.99. The van der Waals surface area contributed by atoms with E-state index >= 15 is 0 Å². The molecule has 0 spiro atoms. The molecule has 20 heavy (non-hydrogen) atoms. The van der Waals surface area contributed by atoms with Crippen LogP contribution in [0.25, 0.3) is 0 Å². The standard InChI is InChI=1S/C15H22N2O2S/c1-10(2)14-16-11(3)7-12(17-14)20-9-15(5-6-15)8-13(18)19-4/h7,10H,5-6,8-9H2,1-4H3. The van der Waals surface area contributed by atoms with Gasteiger partial charge in [-0.3, -0.25) is 4.79 Å². The Labute approximate surface area is 124 Å². The minimum atomic E-state index is -0.107. The summed E-state index contributed by atoms with van der Waals surface area (Å²) in [6.45, 7) is 6.20. The zero-order chi connectivity index (χ0) is 14.8. The molecule has 1 fully saturated rings. The number of methoxy groups -OCH3 is 1. The molecule has 0 amide bonds. The Morgan fingerprint density at radius 3 is 2.70 bits per heavy atom. The van der Waals surface area contributed by atoms with E-state index in [0.29, 0.717) is 12.3 Å². The minimum absolute atomic E-state index is 0.107. The van der Waals surface area contributed by atoms with Gasteiger partial charge in [0.15, 0.2) is 0 Å². The number of carbonyl (C=O) groups excluding carboxylic acids is 1. The molecule has 0 aromatic carbocycles. The predicted octanol–water partition coefficient (Wildman–Crippen LogP) is 3.34. The minimum Gasteiger partial charge on any atom is -0.469 e. The molecule has 0 atom stereocenters. The number of esters is 1. The Morgan fingerprint density at radius 1 is 1.45 bits per heavy atom. The lowest BCUT2D eigenvalue weighted by molar-refractivity contribution is -0.141. The molecule has 5 heteroatoms. The topological polar surface area (TPSA) is 52.1 Å². The summed E-state index contributed by atoms with van der Waals surface area (Å²) < 4.78 is 4.77. The molecular weight excluding hydrogens is 272 g/mol. The van der Waals surface area contributed by atoms with Gasteiger partial charge in [-0.2, -0.15) is 0 Å². The fraction of sp³-hybridized carbons (Fsp3) is 0.667. The third-order valence-corrected chi connectivity index (χ3v) is 4.86. The average Bonchev–Trinajstić information content (AvgIpc) is 3.16. The first-order chi connectivity index (χ1) is 9.44. The van der Waals surface area contributed by atoms with Crippen molar-refractivity contribution in [2.75, 3.05) is 12.9 Å². The van der Waals surface area contributed by atoms with Crippen molar-refractivity contribution in [2.45, 2.75) is 51.0 Å². The van der Waals surface area contributed by atoms with Crippen molar-refractivity contribution in [3.8, 4) is 0 Å². The van der Waals surface area contributed by atoms with Gasteiger partial charge in [0, 0.05) is 17.4 Å². The molecule has 0 aliphatic heterocycles. The number of aromatic nitrogens is 2. The van der Waals surface area contributed by atoms with E-state index in [0.717, 1.165) is 35.1 Å². The van der Waals surface area contributed by atoms with E-state index in [1.165, 1.54) is 7.11 Å². The summed E-state index contributed by atoms with van der Waals surface area (Å²) in [5.41, 5.74) is 1.14. The first kappa shape index (κ1) is 15.3. The van der Waals surface area contributed by atoms with Gasteiger partial charge in [-0.25, -0.2) is 9.97 Å². The van der Waals surface area contributed by atoms with Crippen LogP contribution in [-0.4, -0.2) is 28.8 Å². The molecule has 1 aliphatic carbocycles. The van der Waals surface area contributed by atoms with E-state index in [-0.39, 0.29) is 11.4 Å². The maximum absolute atomic E-state index is 11.4. The van der Waals surface area contributed by atoms with Gasteiger partial charge in [0.05, 0.1) is 18.6 Å². The predicted molar refractivity (Wildman–Crippen MR) is 79.9 cm³/mol. The molecule has 1 aromatic heterocycles. The molecular formula is C15H22N2O2S. The van der Waals surface area contributed by atoms with E-state index in [1.54, 1.807) is 11.8 Å². The molecule has 0 radical (unpaired) electrons. The van der Waals surface area contributed by atoms with E-state index in [4.69, 9.17) is 4.74 Å². The molecule has 0 N–H and O–H groups in total. The zero-order valence-corrected chi connectivity index (χ0v) is 13.4. The number of aryl methyl sites for hydroxylation is 1. The van der Waals surface area contributed by atoms with Gasteiger partial charge < -0.3 is 4.74 Å². The second-order valence-corrected chi connectivity index (χ2v) is 6.90. The number of rotatable bonds is 6. The number of hydrogen-bond donors (Lipinski definition) is 0. The highest BCUT2D eigenvalue weighted by Crippen LogP contribution is 2.52. The fourth-order valence-corrected chi connectivity index (χ4v) is 3.31. The van der Waals surface area contributed by atoms with Crippen LogP contribution in [0, 0.1) is 12.3 Å². The van der Waals surface area contributed by atoms with Crippen LogP contribution >= 0.6 is 11.8 Å². The highest BCUT2D eigenvalue weighted by Gasteiger charge is 2.44. The number of thioether (sulfide) groups is 1. The lowest BCUT2D eigenvalue weighted by Crippen LogP contribution is -2.13. The second kappa shape index (κ2) is 6.12. The second-order valence-electron chi connectivity index (χ2n) is 5.90. The molecule has 1 heterocycles. The Morgan fingerprint density at radius 2 is 2.15 bits per heavy atom. The van der Waals surface area contributed by atoms with Crippen molar-refractivity contribution < 1.29 is 9.53 Å². The Kier molecular flexibility index (Phi) is 4.68. The summed E-state index contributed by atoms with van der Waals surface area (Å²) in [7, 11) is 1.45. The van der Waals surface area contributed by atoms with Crippen LogP contribution < -0.4 is 0 Å². The van der Waals surface area contributed by atoms with Crippen molar-refractivity contribution >= 4 is 17.7 Å².